The Labute approximate surface area is 84.0 Å². The van der Waals surface area contributed by atoms with Crippen molar-refractivity contribution in [1.82, 2.24) is 10.3 Å². The van der Waals surface area contributed by atoms with Gasteiger partial charge in [0.15, 0.2) is 0 Å². The molecule has 0 saturated carbocycles. The van der Waals surface area contributed by atoms with Gasteiger partial charge in [0.2, 0.25) is 0 Å². The normalized spacial score (nSPS) is 10.6. The molecule has 72 valence electrons. The van der Waals surface area contributed by atoms with Crippen molar-refractivity contribution in [3.05, 3.63) is 42.2 Å². The topological polar surface area (TPSA) is 24.9 Å². The fourth-order valence-corrected chi connectivity index (χ4v) is 1.65. The van der Waals surface area contributed by atoms with Gasteiger partial charge in [-0.15, -0.1) is 0 Å². The Kier molecular flexibility index (Phi) is 2.75. The van der Waals surface area contributed by atoms with E-state index < -0.39 is 0 Å². The van der Waals surface area contributed by atoms with Gasteiger partial charge in [-0.3, -0.25) is 4.98 Å². The second-order valence-corrected chi connectivity index (χ2v) is 3.37. The van der Waals surface area contributed by atoms with Crippen LogP contribution in [0.2, 0.25) is 0 Å². The van der Waals surface area contributed by atoms with Crippen LogP contribution >= 0.6 is 0 Å². The van der Waals surface area contributed by atoms with E-state index in [-0.39, 0.29) is 0 Å². The number of benzene rings is 1. The lowest BCUT2D eigenvalue weighted by atomic mass is 10.0. The molecule has 0 radical (unpaired) electrons. The summed E-state index contributed by atoms with van der Waals surface area (Å²) < 4.78 is 0. The Bertz CT molecular complexity index is 418. The fourth-order valence-electron chi connectivity index (χ4n) is 1.65. The van der Waals surface area contributed by atoms with Crippen LogP contribution in [0.5, 0.6) is 0 Å². The highest BCUT2D eigenvalue weighted by atomic mass is 14.8. The van der Waals surface area contributed by atoms with Gasteiger partial charge in [-0.25, -0.2) is 0 Å². The number of likely N-dealkylation sites (N-methyl/N-ethyl adjacent to an activating group) is 1. The molecule has 0 aliphatic carbocycles. The number of nitrogens with one attached hydrogen (secondary N) is 1. The van der Waals surface area contributed by atoms with Crippen molar-refractivity contribution in [3.8, 4) is 0 Å². The molecule has 0 atom stereocenters. The Hall–Kier alpha value is -1.41. The quantitative estimate of drug-likeness (QED) is 0.793. The second kappa shape index (κ2) is 4.20. The predicted molar refractivity (Wildman–Crippen MR) is 59.4 cm³/mol. The first-order valence-corrected chi connectivity index (χ1v) is 4.88. The highest BCUT2D eigenvalue weighted by Crippen LogP contribution is 2.17. The van der Waals surface area contributed by atoms with Crippen molar-refractivity contribution in [2.24, 2.45) is 0 Å². The molecule has 0 amide bonds. The lowest BCUT2D eigenvalue weighted by Crippen LogP contribution is -2.10. The van der Waals surface area contributed by atoms with Gasteiger partial charge in [-0.2, -0.15) is 0 Å². The van der Waals surface area contributed by atoms with Gasteiger partial charge in [0.25, 0.3) is 0 Å². The SMILES string of the molecule is CNCCc1cccc2ccncc12. The Morgan fingerprint density at radius 1 is 1.29 bits per heavy atom. The molecule has 1 aromatic heterocycles. The molecule has 0 aliphatic heterocycles. The van der Waals surface area contributed by atoms with Crippen molar-refractivity contribution in [1.29, 1.82) is 0 Å². The van der Waals surface area contributed by atoms with Gasteiger partial charge in [-0.1, -0.05) is 18.2 Å². The third kappa shape index (κ3) is 1.75. The summed E-state index contributed by atoms with van der Waals surface area (Å²) in [5.41, 5.74) is 1.37. The molecule has 0 spiro atoms. The minimum atomic E-state index is 1.01. The number of fused-ring (bicyclic) bond motifs is 1. The molecule has 1 aromatic carbocycles. The average molecular weight is 186 g/mol. The maximum atomic E-state index is 4.16. The van der Waals surface area contributed by atoms with E-state index >= 15 is 0 Å². The van der Waals surface area contributed by atoms with Crippen LogP contribution in [0.4, 0.5) is 0 Å². The molecule has 2 aromatic rings. The molecular weight excluding hydrogens is 172 g/mol. The Balaban J connectivity index is 2.43. The molecule has 14 heavy (non-hydrogen) atoms. The van der Waals surface area contributed by atoms with Crippen LogP contribution in [0.15, 0.2) is 36.7 Å². The summed E-state index contributed by atoms with van der Waals surface area (Å²) in [5.74, 6) is 0. The summed E-state index contributed by atoms with van der Waals surface area (Å²) in [4.78, 5) is 4.16. The summed E-state index contributed by atoms with van der Waals surface area (Å²) >= 11 is 0. The van der Waals surface area contributed by atoms with E-state index in [9.17, 15) is 0 Å². The van der Waals surface area contributed by atoms with Crippen molar-refractivity contribution >= 4 is 10.8 Å². The summed E-state index contributed by atoms with van der Waals surface area (Å²) in [6.07, 6.45) is 4.84. The van der Waals surface area contributed by atoms with Crippen LogP contribution in [0.1, 0.15) is 5.56 Å². The first-order valence-electron chi connectivity index (χ1n) is 4.88. The van der Waals surface area contributed by atoms with Crippen molar-refractivity contribution in [2.45, 2.75) is 6.42 Å². The Morgan fingerprint density at radius 2 is 2.21 bits per heavy atom. The molecular formula is C12H14N2. The molecule has 2 heteroatoms. The predicted octanol–water partition coefficient (Wildman–Crippen LogP) is 2.00. The van der Waals surface area contributed by atoms with Crippen LogP contribution in [0, 0.1) is 0 Å². The minimum absolute atomic E-state index is 1.01. The van der Waals surface area contributed by atoms with E-state index in [1.165, 1.54) is 16.3 Å². The van der Waals surface area contributed by atoms with Gasteiger partial charge in [0.05, 0.1) is 0 Å². The standard InChI is InChI=1S/C12H14N2/c1-13-7-5-10-3-2-4-11-6-8-14-9-12(10)11/h2-4,6,8-9,13H,5,7H2,1H3. The van der Waals surface area contributed by atoms with Crippen molar-refractivity contribution < 1.29 is 0 Å². The number of hydrogen-bond donors (Lipinski definition) is 1. The van der Waals surface area contributed by atoms with Gasteiger partial charge in [0, 0.05) is 17.8 Å². The summed E-state index contributed by atoms with van der Waals surface area (Å²) in [7, 11) is 1.98. The lowest BCUT2D eigenvalue weighted by Gasteiger charge is -2.04. The van der Waals surface area contributed by atoms with Crippen LogP contribution in [0.25, 0.3) is 10.8 Å². The van der Waals surface area contributed by atoms with E-state index in [1.54, 1.807) is 0 Å². The molecule has 0 aliphatic rings. The van der Waals surface area contributed by atoms with Gasteiger partial charge in [-0.05, 0) is 37.0 Å². The number of rotatable bonds is 3. The number of hydrogen-bond acceptors (Lipinski definition) is 2. The average Bonchev–Trinajstić information content (AvgIpc) is 2.26. The summed E-state index contributed by atoms with van der Waals surface area (Å²) in [6.45, 7) is 1.01. The molecule has 0 unspecified atom stereocenters. The largest absolute Gasteiger partial charge is 0.319 e. The molecule has 0 fully saturated rings. The number of nitrogens with zero attached hydrogens (tertiary/aromatic N) is 1. The minimum Gasteiger partial charge on any atom is -0.319 e. The summed E-state index contributed by atoms with van der Waals surface area (Å²) in [5, 5.41) is 5.70. The second-order valence-electron chi connectivity index (χ2n) is 3.37. The number of aromatic nitrogens is 1. The zero-order valence-corrected chi connectivity index (χ0v) is 8.33. The maximum absolute atomic E-state index is 4.16. The van der Waals surface area contributed by atoms with Crippen LogP contribution < -0.4 is 5.32 Å². The molecule has 1 heterocycles. The highest BCUT2D eigenvalue weighted by molar-refractivity contribution is 5.84. The van der Waals surface area contributed by atoms with Gasteiger partial charge < -0.3 is 5.32 Å². The third-order valence-electron chi connectivity index (χ3n) is 2.42. The van der Waals surface area contributed by atoms with E-state index in [1.807, 2.05) is 19.4 Å². The van der Waals surface area contributed by atoms with Crippen LogP contribution in [-0.2, 0) is 6.42 Å². The first-order chi connectivity index (χ1) is 6.92. The lowest BCUT2D eigenvalue weighted by molar-refractivity contribution is 0.795. The zero-order valence-electron chi connectivity index (χ0n) is 8.33. The fraction of sp³-hybridized carbons (Fsp3) is 0.250. The number of pyridine rings is 1. The van der Waals surface area contributed by atoms with Crippen LogP contribution in [-0.4, -0.2) is 18.6 Å². The molecule has 2 rings (SSSR count). The monoisotopic (exact) mass is 186 g/mol. The molecule has 0 bridgehead atoms. The zero-order chi connectivity index (χ0) is 9.80. The van der Waals surface area contributed by atoms with Crippen molar-refractivity contribution in [2.75, 3.05) is 13.6 Å². The van der Waals surface area contributed by atoms with E-state index in [0.717, 1.165) is 13.0 Å². The first kappa shape index (κ1) is 9.16. The third-order valence-corrected chi connectivity index (χ3v) is 2.42. The Morgan fingerprint density at radius 3 is 3.07 bits per heavy atom. The van der Waals surface area contributed by atoms with E-state index in [0.29, 0.717) is 0 Å². The molecule has 0 saturated heterocycles. The van der Waals surface area contributed by atoms with E-state index in [4.69, 9.17) is 0 Å². The smallest absolute Gasteiger partial charge is 0.0349 e. The van der Waals surface area contributed by atoms with E-state index in [2.05, 4.69) is 34.6 Å². The highest BCUT2D eigenvalue weighted by Gasteiger charge is 1.98. The van der Waals surface area contributed by atoms with Crippen LogP contribution in [0.3, 0.4) is 0 Å². The molecule has 2 nitrogen and oxygen atoms in total. The van der Waals surface area contributed by atoms with Gasteiger partial charge >= 0.3 is 0 Å². The van der Waals surface area contributed by atoms with Gasteiger partial charge in [0.1, 0.15) is 0 Å². The van der Waals surface area contributed by atoms with Crippen molar-refractivity contribution in [3.63, 3.8) is 0 Å². The maximum Gasteiger partial charge on any atom is 0.0349 e. The molecule has 1 N–H and O–H groups in total. The summed E-state index contributed by atoms with van der Waals surface area (Å²) in [6, 6.07) is 8.45.